The molecule has 0 spiro atoms. The zero-order valence-corrected chi connectivity index (χ0v) is 8.08. The Balaban J connectivity index is 2.76. The molecule has 0 aliphatic carbocycles. The maximum atomic E-state index is 5.58. The molecule has 13 heavy (non-hydrogen) atoms. The largest absolute Gasteiger partial charge is 0.462 e. The van der Waals surface area contributed by atoms with Crippen molar-refractivity contribution in [2.24, 2.45) is 0 Å². The minimum Gasteiger partial charge on any atom is -0.462 e. The lowest BCUT2D eigenvalue weighted by Gasteiger charge is -2.06. The van der Waals surface area contributed by atoms with Gasteiger partial charge in [0.05, 0.1) is 0 Å². The minimum absolute atomic E-state index is 0.862. The predicted molar refractivity (Wildman–Crippen MR) is 55.6 cm³/mol. The van der Waals surface area contributed by atoms with Crippen molar-refractivity contribution in [1.29, 1.82) is 0 Å². The van der Waals surface area contributed by atoms with E-state index in [0.717, 1.165) is 17.1 Å². The SMILES string of the molecule is C=CC(C)=C(C)Oc1ccccc1. The van der Waals surface area contributed by atoms with E-state index in [1.165, 1.54) is 0 Å². The smallest absolute Gasteiger partial charge is 0.126 e. The van der Waals surface area contributed by atoms with Crippen LogP contribution in [0.4, 0.5) is 0 Å². The van der Waals surface area contributed by atoms with Crippen LogP contribution < -0.4 is 4.74 Å². The first-order valence-corrected chi connectivity index (χ1v) is 4.27. The van der Waals surface area contributed by atoms with Crippen LogP contribution in [0, 0.1) is 0 Å². The molecule has 0 atom stereocenters. The predicted octanol–water partition coefficient (Wildman–Crippen LogP) is 3.55. The summed E-state index contributed by atoms with van der Waals surface area (Å²) in [6.07, 6.45) is 1.79. The number of benzene rings is 1. The Kier molecular flexibility index (Phi) is 3.32. The first-order chi connectivity index (χ1) is 6.24. The zero-order valence-electron chi connectivity index (χ0n) is 8.08. The van der Waals surface area contributed by atoms with Crippen LogP contribution in [0.15, 0.2) is 54.3 Å². The van der Waals surface area contributed by atoms with E-state index in [-0.39, 0.29) is 0 Å². The van der Waals surface area contributed by atoms with Gasteiger partial charge in [-0.1, -0.05) is 30.9 Å². The monoisotopic (exact) mass is 174 g/mol. The van der Waals surface area contributed by atoms with Gasteiger partial charge in [-0.15, -0.1) is 0 Å². The van der Waals surface area contributed by atoms with E-state index in [9.17, 15) is 0 Å². The molecule has 0 bridgehead atoms. The molecule has 1 nitrogen and oxygen atoms in total. The van der Waals surface area contributed by atoms with Gasteiger partial charge in [0.25, 0.3) is 0 Å². The second kappa shape index (κ2) is 4.51. The van der Waals surface area contributed by atoms with Crippen LogP contribution in [0.3, 0.4) is 0 Å². The highest BCUT2D eigenvalue weighted by Crippen LogP contribution is 2.14. The van der Waals surface area contributed by atoms with Crippen LogP contribution >= 0.6 is 0 Å². The van der Waals surface area contributed by atoms with Crippen molar-refractivity contribution in [3.63, 3.8) is 0 Å². The van der Waals surface area contributed by atoms with Crippen molar-refractivity contribution in [1.82, 2.24) is 0 Å². The van der Waals surface area contributed by atoms with Crippen molar-refractivity contribution in [2.45, 2.75) is 13.8 Å². The third-order valence-corrected chi connectivity index (χ3v) is 1.88. The molecule has 0 radical (unpaired) electrons. The zero-order chi connectivity index (χ0) is 9.68. The average molecular weight is 174 g/mol. The first-order valence-electron chi connectivity index (χ1n) is 4.27. The summed E-state index contributed by atoms with van der Waals surface area (Å²) < 4.78 is 5.58. The summed E-state index contributed by atoms with van der Waals surface area (Å²) in [5.74, 6) is 1.75. The van der Waals surface area contributed by atoms with Gasteiger partial charge in [0, 0.05) is 0 Å². The molecule has 0 saturated carbocycles. The summed E-state index contributed by atoms with van der Waals surface area (Å²) in [5, 5.41) is 0. The molecular formula is C12H14O. The number of rotatable bonds is 3. The van der Waals surface area contributed by atoms with E-state index in [1.54, 1.807) is 6.08 Å². The number of hydrogen-bond acceptors (Lipinski definition) is 1. The molecule has 0 amide bonds. The Morgan fingerprint density at radius 1 is 1.23 bits per heavy atom. The van der Waals surface area contributed by atoms with Gasteiger partial charge in [0.15, 0.2) is 0 Å². The number of ether oxygens (including phenoxy) is 1. The second-order valence-electron chi connectivity index (χ2n) is 2.86. The molecular weight excluding hydrogens is 160 g/mol. The van der Waals surface area contributed by atoms with E-state index in [4.69, 9.17) is 4.74 Å². The van der Waals surface area contributed by atoms with Gasteiger partial charge in [-0.2, -0.15) is 0 Å². The highest BCUT2D eigenvalue weighted by molar-refractivity contribution is 5.26. The lowest BCUT2D eigenvalue weighted by atomic mass is 10.2. The van der Waals surface area contributed by atoms with Crippen LogP contribution in [0.2, 0.25) is 0 Å². The fourth-order valence-corrected chi connectivity index (χ4v) is 0.890. The summed E-state index contributed by atoms with van der Waals surface area (Å²) in [4.78, 5) is 0. The Morgan fingerprint density at radius 2 is 1.85 bits per heavy atom. The van der Waals surface area contributed by atoms with Crippen molar-refractivity contribution in [2.75, 3.05) is 0 Å². The summed E-state index contributed by atoms with van der Waals surface area (Å²) in [5.41, 5.74) is 1.06. The summed E-state index contributed by atoms with van der Waals surface area (Å²) >= 11 is 0. The van der Waals surface area contributed by atoms with Crippen molar-refractivity contribution in [3.05, 3.63) is 54.3 Å². The van der Waals surface area contributed by atoms with Crippen LogP contribution in [0.25, 0.3) is 0 Å². The molecule has 1 heteroatoms. The van der Waals surface area contributed by atoms with Crippen LogP contribution in [-0.4, -0.2) is 0 Å². The maximum absolute atomic E-state index is 5.58. The summed E-state index contributed by atoms with van der Waals surface area (Å²) in [6.45, 7) is 7.60. The molecule has 0 unspecified atom stereocenters. The normalized spacial score (nSPS) is 11.8. The van der Waals surface area contributed by atoms with Crippen molar-refractivity contribution >= 4 is 0 Å². The third kappa shape index (κ3) is 2.79. The van der Waals surface area contributed by atoms with Gasteiger partial charge in [-0.05, 0) is 31.6 Å². The molecule has 1 rings (SSSR count). The Hall–Kier alpha value is -1.50. The minimum atomic E-state index is 0.862. The Bertz CT molecular complexity index is 309. The fourth-order valence-electron chi connectivity index (χ4n) is 0.890. The standard InChI is InChI=1S/C12H14O/c1-4-10(2)11(3)13-12-8-6-5-7-9-12/h4-9H,1H2,2-3H3. The fraction of sp³-hybridized carbons (Fsp3) is 0.167. The van der Waals surface area contributed by atoms with Crippen LogP contribution in [-0.2, 0) is 0 Å². The molecule has 1 aromatic rings. The lowest BCUT2D eigenvalue weighted by Crippen LogP contribution is -1.92. The lowest BCUT2D eigenvalue weighted by molar-refractivity contribution is 0.423. The number of allylic oxidation sites excluding steroid dienone is 3. The average Bonchev–Trinajstić information content (AvgIpc) is 2.18. The molecule has 1 aromatic carbocycles. The van der Waals surface area contributed by atoms with Gasteiger partial charge in [-0.3, -0.25) is 0 Å². The first kappa shape index (κ1) is 9.59. The van der Waals surface area contributed by atoms with Crippen molar-refractivity contribution < 1.29 is 4.74 Å². The molecule has 68 valence electrons. The van der Waals surface area contributed by atoms with Gasteiger partial charge >= 0.3 is 0 Å². The molecule has 0 aliphatic heterocycles. The van der Waals surface area contributed by atoms with E-state index in [0.29, 0.717) is 0 Å². The van der Waals surface area contributed by atoms with Gasteiger partial charge in [0.1, 0.15) is 11.5 Å². The molecule has 0 fully saturated rings. The van der Waals surface area contributed by atoms with E-state index in [2.05, 4.69) is 6.58 Å². The molecule has 0 aromatic heterocycles. The van der Waals surface area contributed by atoms with Gasteiger partial charge in [0.2, 0.25) is 0 Å². The third-order valence-electron chi connectivity index (χ3n) is 1.88. The van der Waals surface area contributed by atoms with Crippen LogP contribution in [0.5, 0.6) is 5.75 Å². The highest BCUT2D eigenvalue weighted by Gasteiger charge is 1.95. The molecule has 0 N–H and O–H groups in total. The van der Waals surface area contributed by atoms with E-state index in [1.807, 2.05) is 44.2 Å². The topological polar surface area (TPSA) is 9.23 Å². The Morgan fingerprint density at radius 3 is 2.38 bits per heavy atom. The van der Waals surface area contributed by atoms with Crippen LogP contribution in [0.1, 0.15) is 13.8 Å². The Labute approximate surface area is 79.4 Å². The van der Waals surface area contributed by atoms with Crippen molar-refractivity contribution in [3.8, 4) is 5.75 Å². The molecule has 0 heterocycles. The van der Waals surface area contributed by atoms with E-state index < -0.39 is 0 Å². The molecule has 0 saturated heterocycles. The summed E-state index contributed by atoms with van der Waals surface area (Å²) in [7, 11) is 0. The summed E-state index contributed by atoms with van der Waals surface area (Å²) in [6, 6.07) is 9.73. The maximum Gasteiger partial charge on any atom is 0.126 e. The number of para-hydroxylation sites is 1. The second-order valence-corrected chi connectivity index (χ2v) is 2.86. The highest BCUT2D eigenvalue weighted by atomic mass is 16.5. The van der Waals surface area contributed by atoms with Gasteiger partial charge < -0.3 is 4.74 Å². The molecule has 0 aliphatic rings. The van der Waals surface area contributed by atoms with E-state index >= 15 is 0 Å². The van der Waals surface area contributed by atoms with Gasteiger partial charge in [-0.25, -0.2) is 0 Å². The number of hydrogen-bond donors (Lipinski definition) is 0. The quantitative estimate of drug-likeness (QED) is 0.503.